The molecule has 22 valence electrons. The Morgan fingerprint density at radius 3 is 2.25 bits per heavy atom. The Hall–Kier alpha value is 0.280. The summed E-state index contributed by atoms with van der Waals surface area (Å²) in [5.74, 6) is 0. The summed E-state index contributed by atoms with van der Waals surface area (Å²) in [5, 5.41) is 2.06. The third-order valence-corrected chi connectivity index (χ3v) is 0.538. The van der Waals surface area contributed by atoms with Gasteiger partial charge in [-0.15, -0.1) is 0 Å². The van der Waals surface area contributed by atoms with Gasteiger partial charge in [0, 0.05) is 0 Å². The van der Waals surface area contributed by atoms with E-state index in [4.69, 9.17) is 0 Å². The minimum atomic E-state index is 2.06. The molecule has 0 N–H and O–H groups in total. The molecule has 0 aliphatic carbocycles. The number of rotatable bonds is 0. The molecule has 0 unspecified atom stereocenters. The van der Waals surface area contributed by atoms with Gasteiger partial charge in [-0.05, 0) is 12.2 Å². The van der Waals surface area contributed by atoms with Crippen molar-refractivity contribution in [3.05, 3.63) is 0 Å². The topological polar surface area (TPSA) is 12.4 Å². The van der Waals surface area contributed by atoms with Crippen LogP contribution in [0.3, 0.4) is 0 Å². The first-order valence-corrected chi connectivity index (χ1v) is 1.71. The smallest absolute Gasteiger partial charge is 0.0860 e. The van der Waals surface area contributed by atoms with Crippen molar-refractivity contribution in [2.24, 2.45) is 4.02 Å². The Labute approximate surface area is 38.1 Å². The molecule has 0 amide bonds. The van der Waals surface area contributed by atoms with Gasteiger partial charge in [-0.2, -0.15) is 4.02 Å². The second-order valence-electron chi connectivity index (χ2n) is 0.176. The van der Waals surface area contributed by atoms with Crippen molar-refractivity contribution in [3.8, 4) is 0 Å². The molecule has 0 aliphatic rings. The van der Waals surface area contributed by atoms with Crippen molar-refractivity contribution in [2.45, 2.75) is 0 Å². The fraction of sp³-hybridized carbons (Fsp3) is 0. The first-order valence-electron chi connectivity index (χ1n) is 0.597. The largest absolute Gasteiger partial charge is 0.152 e. The van der Waals surface area contributed by atoms with Crippen LogP contribution in [-0.2, 0) is 0 Å². The Bertz CT molecular complexity index is 46.0. The standard InChI is InChI=1S/CBrNS/c2-3-1-4. The van der Waals surface area contributed by atoms with Crippen LogP contribution in [0.2, 0.25) is 0 Å². The number of isothiocyanates is 1. The lowest BCUT2D eigenvalue weighted by atomic mass is 11.8. The van der Waals surface area contributed by atoms with Gasteiger partial charge in [0.05, 0.1) is 21.3 Å². The van der Waals surface area contributed by atoms with Crippen LogP contribution in [0.1, 0.15) is 0 Å². The van der Waals surface area contributed by atoms with Crippen LogP contribution in [0.15, 0.2) is 4.02 Å². The molecule has 0 spiro atoms. The van der Waals surface area contributed by atoms with Gasteiger partial charge < -0.3 is 0 Å². The van der Waals surface area contributed by atoms with Crippen molar-refractivity contribution in [3.63, 3.8) is 0 Å². The monoisotopic (exact) mass is 137 g/mol. The van der Waals surface area contributed by atoms with E-state index in [-0.39, 0.29) is 0 Å². The van der Waals surface area contributed by atoms with Crippen LogP contribution in [-0.4, -0.2) is 5.16 Å². The maximum atomic E-state index is 4.09. The lowest BCUT2D eigenvalue weighted by Gasteiger charge is -1.34. The van der Waals surface area contributed by atoms with Gasteiger partial charge in [0.1, 0.15) is 0 Å². The molecule has 0 heterocycles. The molecule has 0 aromatic rings. The average Bonchev–Trinajstić information content (AvgIpc) is 1.37. The zero-order chi connectivity index (χ0) is 3.41. The third-order valence-electron chi connectivity index (χ3n) is 0.0345. The number of thiocarbonyl (C=S) groups is 1. The number of hydrogen-bond donors (Lipinski definition) is 0. The Kier molecular flexibility index (Phi) is 3.51. The molecule has 0 radical (unpaired) electrons. The van der Waals surface area contributed by atoms with Crippen LogP contribution < -0.4 is 0 Å². The molecule has 0 atom stereocenters. The number of hydrogen-bond acceptors (Lipinski definition) is 2. The summed E-state index contributed by atoms with van der Waals surface area (Å²) in [6.45, 7) is 0. The van der Waals surface area contributed by atoms with Crippen molar-refractivity contribution in [1.82, 2.24) is 0 Å². The third kappa shape index (κ3) is 2.28. The molecule has 0 aromatic carbocycles. The molecule has 0 saturated carbocycles. The maximum Gasteiger partial charge on any atom is 0.0860 e. The van der Waals surface area contributed by atoms with E-state index in [2.05, 4.69) is 37.5 Å². The second-order valence-corrected chi connectivity index (χ2v) is 0.713. The van der Waals surface area contributed by atoms with E-state index < -0.39 is 0 Å². The highest BCUT2D eigenvalue weighted by atomic mass is 79.9. The van der Waals surface area contributed by atoms with Crippen molar-refractivity contribution in [2.75, 3.05) is 0 Å². The van der Waals surface area contributed by atoms with Crippen LogP contribution in [0, 0.1) is 0 Å². The van der Waals surface area contributed by atoms with Crippen molar-refractivity contribution >= 4 is 33.5 Å². The van der Waals surface area contributed by atoms with E-state index in [1.165, 1.54) is 0 Å². The summed E-state index contributed by atoms with van der Waals surface area (Å²) >= 11 is 6.75. The average molecular weight is 138 g/mol. The molecule has 0 aromatic heterocycles. The minimum absolute atomic E-state index is 2.06. The predicted molar refractivity (Wildman–Crippen MR) is 24.0 cm³/mol. The van der Waals surface area contributed by atoms with Crippen molar-refractivity contribution < 1.29 is 0 Å². The lowest BCUT2D eigenvalue weighted by Crippen LogP contribution is -1.15. The molecule has 3 heteroatoms. The lowest BCUT2D eigenvalue weighted by molar-refractivity contribution is 2.10. The van der Waals surface area contributed by atoms with Crippen LogP contribution in [0.25, 0.3) is 0 Å². The first kappa shape index (κ1) is 4.28. The fourth-order valence-corrected chi connectivity index (χ4v) is 0. The molecule has 0 bridgehead atoms. The van der Waals surface area contributed by atoms with Crippen molar-refractivity contribution in [1.29, 1.82) is 0 Å². The Balaban J connectivity index is 3.11. The minimum Gasteiger partial charge on any atom is -0.152 e. The van der Waals surface area contributed by atoms with Crippen LogP contribution in [0.4, 0.5) is 0 Å². The molecular formula is CBrNS. The maximum absolute atomic E-state index is 4.09. The van der Waals surface area contributed by atoms with E-state index >= 15 is 0 Å². The van der Waals surface area contributed by atoms with Gasteiger partial charge in [-0.25, -0.2) is 0 Å². The molecule has 0 fully saturated rings. The van der Waals surface area contributed by atoms with E-state index in [9.17, 15) is 0 Å². The highest BCUT2D eigenvalue weighted by molar-refractivity contribution is 9.08. The molecule has 0 aliphatic heterocycles. The van der Waals surface area contributed by atoms with Gasteiger partial charge in [-0.3, -0.25) is 0 Å². The normalized spacial score (nSPS) is 4.25. The molecule has 1 nitrogen and oxygen atoms in total. The molecule has 0 rings (SSSR count). The number of nitrogens with zero attached hydrogens (tertiary/aromatic N) is 1. The quantitative estimate of drug-likeness (QED) is 0.364. The number of halogens is 1. The highest BCUT2D eigenvalue weighted by Gasteiger charge is 1.29. The zero-order valence-corrected chi connectivity index (χ0v) is 4.14. The van der Waals surface area contributed by atoms with E-state index in [0.29, 0.717) is 0 Å². The summed E-state index contributed by atoms with van der Waals surface area (Å²) in [5.41, 5.74) is 0. The van der Waals surface area contributed by atoms with E-state index in [1.807, 2.05) is 0 Å². The van der Waals surface area contributed by atoms with Crippen LogP contribution in [0.5, 0.6) is 0 Å². The molecular weight excluding hydrogens is 138 g/mol. The summed E-state index contributed by atoms with van der Waals surface area (Å²) in [6.07, 6.45) is 0. The van der Waals surface area contributed by atoms with Gasteiger partial charge in [-0.1, -0.05) is 0 Å². The zero-order valence-electron chi connectivity index (χ0n) is 1.73. The molecule has 4 heavy (non-hydrogen) atoms. The van der Waals surface area contributed by atoms with Crippen LogP contribution >= 0.6 is 28.4 Å². The first-order chi connectivity index (χ1) is 1.91. The summed E-state index contributed by atoms with van der Waals surface area (Å²) < 4.78 is 3.11. The highest BCUT2D eigenvalue weighted by Crippen LogP contribution is 1.70. The SMILES string of the molecule is S=C=NBr. The van der Waals surface area contributed by atoms with E-state index in [1.54, 1.807) is 0 Å². The van der Waals surface area contributed by atoms with E-state index in [0.717, 1.165) is 0 Å². The Morgan fingerprint density at radius 2 is 2.25 bits per heavy atom. The van der Waals surface area contributed by atoms with Gasteiger partial charge in [0.15, 0.2) is 0 Å². The summed E-state index contributed by atoms with van der Waals surface area (Å²) in [4.78, 5) is 0. The fourth-order valence-electron chi connectivity index (χ4n) is 0. The second kappa shape index (κ2) is 3.28. The summed E-state index contributed by atoms with van der Waals surface area (Å²) in [6, 6.07) is 0. The molecule has 0 saturated heterocycles. The Morgan fingerprint density at radius 1 is 2.00 bits per heavy atom. The van der Waals surface area contributed by atoms with Gasteiger partial charge in [0.25, 0.3) is 0 Å². The van der Waals surface area contributed by atoms with Gasteiger partial charge in [0.2, 0.25) is 0 Å². The van der Waals surface area contributed by atoms with Gasteiger partial charge >= 0.3 is 0 Å². The summed E-state index contributed by atoms with van der Waals surface area (Å²) in [7, 11) is 0. The predicted octanol–water partition coefficient (Wildman–Crippen LogP) is 1.40.